The second-order valence-corrected chi connectivity index (χ2v) is 4.86. The fraction of sp³-hybridized carbons (Fsp3) is 0.111. The molecule has 0 radical (unpaired) electrons. The summed E-state index contributed by atoms with van der Waals surface area (Å²) in [6.45, 7) is 0. The van der Waals surface area contributed by atoms with E-state index < -0.39 is 11.9 Å². The molecule has 0 saturated carbocycles. The normalized spacial score (nSPS) is 10.5. The predicted molar refractivity (Wildman–Crippen MR) is 88.8 cm³/mol. The highest BCUT2D eigenvalue weighted by Crippen LogP contribution is 2.28. The molecule has 0 amide bonds. The van der Waals surface area contributed by atoms with Crippen molar-refractivity contribution in [2.75, 3.05) is 14.2 Å². The van der Waals surface area contributed by atoms with Gasteiger partial charge in [-0.25, -0.2) is 9.59 Å². The molecule has 7 nitrogen and oxygen atoms in total. The summed E-state index contributed by atoms with van der Waals surface area (Å²) in [6.07, 6.45) is 2.61. The second-order valence-electron chi connectivity index (χ2n) is 4.86. The van der Waals surface area contributed by atoms with Gasteiger partial charge in [0.15, 0.2) is 23.0 Å². The molecular weight excluding hydrogens is 328 g/mol. The van der Waals surface area contributed by atoms with Crippen LogP contribution in [0.1, 0.15) is 15.9 Å². The average molecular weight is 344 g/mol. The molecule has 0 heterocycles. The Morgan fingerprint density at radius 2 is 1.72 bits per heavy atom. The number of ether oxygens (including phenoxy) is 3. The minimum Gasteiger partial charge on any atom is -0.504 e. The number of hydrogen-bond donors (Lipinski definition) is 2. The van der Waals surface area contributed by atoms with Crippen molar-refractivity contribution >= 4 is 18.0 Å². The Balaban J connectivity index is 2.08. The minimum atomic E-state index is -0.729. The SMILES string of the molecule is COC(=O)c1ccc(OC(=O)C=Cc2ccc(O)c(OC)c2)c(O)c1. The Hall–Kier alpha value is -3.48. The van der Waals surface area contributed by atoms with Gasteiger partial charge in [0, 0.05) is 6.08 Å². The van der Waals surface area contributed by atoms with Crippen LogP contribution in [0.4, 0.5) is 0 Å². The average Bonchev–Trinajstić information content (AvgIpc) is 2.62. The molecule has 0 bridgehead atoms. The van der Waals surface area contributed by atoms with Crippen molar-refractivity contribution in [2.24, 2.45) is 0 Å². The maximum Gasteiger partial charge on any atom is 0.337 e. The third kappa shape index (κ3) is 4.51. The standard InChI is InChI=1S/C18H16O7/c1-23-16-9-11(3-6-13(16)19)4-8-17(21)25-15-7-5-12(10-14(15)20)18(22)24-2/h3-10,19-20H,1-2H3. The molecule has 0 unspecified atom stereocenters. The lowest BCUT2D eigenvalue weighted by atomic mass is 10.2. The van der Waals surface area contributed by atoms with E-state index in [1.54, 1.807) is 12.1 Å². The van der Waals surface area contributed by atoms with Gasteiger partial charge in [-0.2, -0.15) is 0 Å². The van der Waals surface area contributed by atoms with Gasteiger partial charge in [0.25, 0.3) is 0 Å². The molecule has 2 N–H and O–H groups in total. The number of hydrogen-bond acceptors (Lipinski definition) is 7. The number of carbonyl (C=O) groups excluding carboxylic acids is 2. The van der Waals surface area contributed by atoms with Gasteiger partial charge in [-0.1, -0.05) is 6.07 Å². The van der Waals surface area contributed by atoms with E-state index in [9.17, 15) is 19.8 Å². The van der Waals surface area contributed by atoms with Gasteiger partial charge in [0.1, 0.15) is 0 Å². The maximum atomic E-state index is 11.8. The molecule has 0 spiro atoms. The molecule has 2 aromatic carbocycles. The van der Waals surface area contributed by atoms with Crippen molar-refractivity contribution in [1.29, 1.82) is 0 Å². The Bertz CT molecular complexity index is 824. The van der Waals surface area contributed by atoms with E-state index in [1.807, 2.05) is 0 Å². The number of aromatic hydroxyl groups is 2. The van der Waals surface area contributed by atoms with Crippen molar-refractivity contribution in [2.45, 2.75) is 0 Å². The Morgan fingerprint density at radius 1 is 0.960 bits per heavy atom. The molecular formula is C18H16O7. The molecule has 130 valence electrons. The fourth-order valence-corrected chi connectivity index (χ4v) is 1.95. The highest BCUT2D eigenvalue weighted by molar-refractivity contribution is 5.91. The van der Waals surface area contributed by atoms with Crippen molar-refractivity contribution in [1.82, 2.24) is 0 Å². The van der Waals surface area contributed by atoms with Crippen molar-refractivity contribution in [3.8, 4) is 23.0 Å². The summed E-state index contributed by atoms with van der Waals surface area (Å²) in [5.41, 5.74) is 0.739. The van der Waals surface area contributed by atoms with Gasteiger partial charge in [0.05, 0.1) is 19.8 Å². The number of benzene rings is 2. The molecule has 2 aromatic rings. The number of rotatable bonds is 5. The monoisotopic (exact) mass is 344 g/mol. The summed E-state index contributed by atoms with van der Waals surface area (Å²) in [6, 6.07) is 8.36. The molecule has 0 saturated heterocycles. The van der Waals surface area contributed by atoms with E-state index in [2.05, 4.69) is 4.74 Å². The highest BCUT2D eigenvalue weighted by atomic mass is 16.5. The van der Waals surface area contributed by atoms with Gasteiger partial charge >= 0.3 is 11.9 Å². The predicted octanol–water partition coefficient (Wildman–Crippen LogP) is 2.51. The molecule has 25 heavy (non-hydrogen) atoms. The third-order valence-corrected chi connectivity index (χ3v) is 3.21. The molecule has 0 aliphatic rings. The lowest BCUT2D eigenvalue weighted by Gasteiger charge is -2.06. The Kier molecular flexibility index (Phi) is 5.62. The van der Waals surface area contributed by atoms with Crippen LogP contribution < -0.4 is 9.47 Å². The summed E-state index contributed by atoms with van der Waals surface area (Å²) in [7, 11) is 2.63. The van der Waals surface area contributed by atoms with E-state index in [4.69, 9.17) is 9.47 Å². The van der Waals surface area contributed by atoms with Crippen LogP contribution in [0, 0.1) is 0 Å². The first kappa shape index (κ1) is 17.9. The quantitative estimate of drug-likeness (QED) is 0.488. The number of methoxy groups -OCH3 is 2. The molecule has 0 aliphatic carbocycles. The topological polar surface area (TPSA) is 102 Å². The van der Waals surface area contributed by atoms with Crippen LogP contribution in [-0.4, -0.2) is 36.4 Å². The molecule has 7 heteroatoms. The summed E-state index contributed by atoms with van der Waals surface area (Å²) >= 11 is 0. The minimum absolute atomic E-state index is 0.0159. The first-order valence-electron chi connectivity index (χ1n) is 7.13. The lowest BCUT2D eigenvalue weighted by Crippen LogP contribution is -2.05. The maximum absolute atomic E-state index is 11.8. The van der Waals surface area contributed by atoms with Crippen molar-refractivity contribution < 1.29 is 34.0 Å². The summed E-state index contributed by atoms with van der Waals surface area (Å²) in [4.78, 5) is 23.2. The van der Waals surface area contributed by atoms with Gasteiger partial charge in [0.2, 0.25) is 0 Å². The third-order valence-electron chi connectivity index (χ3n) is 3.21. The Morgan fingerprint density at radius 3 is 2.36 bits per heavy atom. The fourth-order valence-electron chi connectivity index (χ4n) is 1.95. The number of phenols is 2. The van der Waals surface area contributed by atoms with Crippen LogP contribution in [0.2, 0.25) is 0 Å². The summed E-state index contributed by atoms with van der Waals surface area (Å²) < 4.78 is 14.5. The largest absolute Gasteiger partial charge is 0.504 e. The first-order chi connectivity index (χ1) is 11.9. The summed E-state index contributed by atoms with van der Waals surface area (Å²) in [5, 5.41) is 19.3. The van der Waals surface area contributed by atoms with Crippen molar-refractivity contribution in [3.63, 3.8) is 0 Å². The van der Waals surface area contributed by atoms with E-state index in [0.29, 0.717) is 5.56 Å². The molecule has 0 aromatic heterocycles. The highest BCUT2D eigenvalue weighted by Gasteiger charge is 2.12. The van der Waals surface area contributed by atoms with Crippen molar-refractivity contribution in [3.05, 3.63) is 53.6 Å². The van der Waals surface area contributed by atoms with Crippen LogP contribution >= 0.6 is 0 Å². The Labute approximate surface area is 143 Å². The molecule has 0 fully saturated rings. The zero-order valence-corrected chi connectivity index (χ0v) is 13.6. The second kappa shape index (κ2) is 7.87. The van der Waals surface area contributed by atoms with Crippen LogP contribution in [0.3, 0.4) is 0 Å². The zero-order chi connectivity index (χ0) is 18.4. The zero-order valence-electron chi connectivity index (χ0n) is 13.6. The number of esters is 2. The lowest BCUT2D eigenvalue weighted by molar-refractivity contribution is -0.129. The van der Waals surface area contributed by atoms with Gasteiger partial charge in [-0.05, 0) is 42.0 Å². The van der Waals surface area contributed by atoms with E-state index in [1.165, 1.54) is 38.5 Å². The van der Waals surface area contributed by atoms with Gasteiger partial charge < -0.3 is 24.4 Å². The number of carbonyl (C=O) groups is 2. The first-order valence-corrected chi connectivity index (χ1v) is 7.13. The van der Waals surface area contributed by atoms with E-state index in [0.717, 1.165) is 12.1 Å². The van der Waals surface area contributed by atoms with E-state index >= 15 is 0 Å². The van der Waals surface area contributed by atoms with Gasteiger partial charge in [-0.3, -0.25) is 0 Å². The van der Waals surface area contributed by atoms with Crippen LogP contribution in [-0.2, 0) is 9.53 Å². The van der Waals surface area contributed by atoms with Crippen LogP contribution in [0.15, 0.2) is 42.5 Å². The van der Waals surface area contributed by atoms with E-state index in [-0.39, 0.29) is 28.6 Å². The number of phenolic OH excluding ortho intramolecular Hbond substituents is 2. The smallest absolute Gasteiger partial charge is 0.337 e. The molecule has 0 aliphatic heterocycles. The molecule has 0 atom stereocenters. The van der Waals surface area contributed by atoms with Crippen LogP contribution in [0.5, 0.6) is 23.0 Å². The van der Waals surface area contributed by atoms with Gasteiger partial charge in [-0.15, -0.1) is 0 Å². The summed E-state index contributed by atoms with van der Waals surface area (Å²) in [5.74, 6) is -1.55. The molecule has 2 rings (SSSR count). The van der Waals surface area contributed by atoms with Crippen LogP contribution in [0.25, 0.3) is 6.08 Å².